The number of aryl methyl sites for hydroxylation is 1. The Labute approximate surface area is 159 Å². The van der Waals surface area contributed by atoms with E-state index in [1.54, 1.807) is 41.5 Å². The minimum Gasteiger partial charge on any atom is -0.467 e. The molecule has 0 bridgehead atoms. The van der Waals surface area contributed by atoms with Crippen LogP contribution in [0.2, 0.25) is 0 Å². The number of hydrogen-bond acceptors (Lipinski definition) is 6. The first kappa shape index (κ1) is 17.5. The van der Waals surface area contributed by atoms with E-state index in [-0.39, 0.29) is 12.2 Å². The molecule has 0 aliphatic heterocycles. The third-order valence-electron chi connectivity index (χ3n) is 4.08. The Balaban J connectivity index is 1.56. The molecule has 2 N–H and O–H groups in total. The lowest BCUT2D eigenvalue weighted by Gasteiger charge is -2.05. The summed E-state index contributed by atoms with van der Waals surface area (Å²) in [5, 5.41) is 13.8. The van der Waals surface area contributed by atoms with Crippen LogP contribution >= 0.6 is 0 Å². The van der Waals surface area contributed by atoms with Crippen LogP contribution in [0.3, 0.4) is 0 Å². The Bertz CT molecular complexity index is 1130. The maximum Gasteiger partial charge on any atom is 0.274 e. The molecule has 4 rings (SSSR count). The van der Waals surface area contributed by atoms with Crippen molar-refractivity contribution in [1.29, 1.82) is 0 Å². The van der Waals surface area contributed by atoms with E-state index in [4.69, 9.17) is 4.42 Å². The van der Waals surface area contributed by atoms with Gasteiger partial charge in [0.1, 0.15) is 11.3 Å². The molecular weight excluding hydrogens is 362 g/mol. The van der Waals surface area contributed by atoms with Crippen molar-refractivity contribution < 1.29 is 14.0 Å². The van der Waals surface area contributed by atoms with Crippen LogP contribution < -0.4 is 10.6 Å². The lowest BCUT2D eigenvalue weighted by Crippen LogP contribution is -2.25. The summed E-state index contributed by atoms with van der Waals surface area (Å²) >= 11 is 0. The average molecular weight is 379 g/mol. The van der Waals surface area contributed by atoms with Gasteiger partial charge in [0.15, 0.2) is 11.3 Å². The normalized spacial score (nSPS) is 10.9. The Morgan fingerprint density at radius 3 is 2.93 bits per heavy atom. The summed E-state index contributed by atoms with van der Waals surface area (Å²) in [5.74, 6) is -0.229. The van der Waals surface area contributed by atoms with Crippen molar-refractivity contribution in [1.82, 2.24) is 29.7 Å². The molecule has 0 atom stereocenters. The Hall–Kier alpha value is -3.95. The quantitative estimate of drug-likeness (QED) is 0.526. The fourth-order valence-corrected chi connectivity index (χ4v) is 2.68. The molecule has 10 nitrogen and oxygen atoms in total. The second-order valence-electron chi connectivity index (χ2n) is 5.91. The zero-order valence-electron chi connectivity index (χ0n) is 15.0. The molecule has 0 aliphatic carbocycles. The van der Waals surface area contributed by atoms with Crippen LogP contribution in [0, 0.1) is 0 Å². The van der Waals surface area contributed by atoms with E-state index in [0.717, 1.165) is 0 Å². The van der Waals surface area contributed by atoms with Gasteiger partial charge in [0, 0.05) is 25.1 Å². The minimum absolute atomic E-state index is 0.117. The third kappa shape index (κ3) is 3.34. The second kappa shape index (κ2) is 7.35. The molecule has 0 saturated heterocycles. The van der Waals surface area contributed by atoms with Gasteiger partial charge in [-0.25, -0.2) is 9.50 Å². The van der Waals surface area contributed by atoms with Crippen LogP contribution in [0.5, 0.6) is 0 Å². The molecule has 0 radical (unpaired) electrons. The van der Waals surface area contributed by atoms with Gasteiger partial charge >= 0.3 is 0 Å². The number of anilines is 1. The van der Waals surface area contributed by atoms with E-state index >= 15 is 0 Å². The third-order valence-corrected chi connectivity index (χ3v) is 4.08. The molecule has 4 heterocycles. The van der Waals surface area contributed by atoms with Crippen LogP contribution in [0.15, 0.2) is 53.7 Å². The summed E-state index contributed by atoms with van der Waals surface area (Å²) in [6, 6.07) is 5.21. The number of hydrogen-bond donors (Lipinski definition) is 2. The van der Waals surface area contributed by atoms with Crippen molar-refractivity contribution in [2.75, 3.05) is 5.32 Å². The fourth-order valence-electron chi connectivity index (χ4n) is 2.68. The van der Waals surface area contributed by atoms with Gasteiger partial charge in [-0.1, -0.05) is 0 Å². The zero-order chi connectivity index (χ0) is 19.5. The molecule has 4 aromatic heterocycles. The predicted molar refractivity (Wildman–Crippen MR) is 98.7 cm³/mol. The highest BCUT2D eigenvalue weighted by atomic mass is 16.3. The first-order valence-electron chi connectivity index (χ1n) is 8.63. The van der Waals surface area contributed by atoms with Gasteiger partial charge in [-0.15, -0.1) is 0 Å². The van der Waals surface area contributed by atoms with Gasteiger partial charge in [0.2, 0.25) is 0 Å². The van der Waals surface area contributed by atoms with Gasteiger partial charge in [0.05, 0.1) is 24.7 Å². The van der Waals surface area contributed by atoms with Crippen molar-refractivity contribution in [3.8, 4) is 0 Å². The molecule has 0 unspecified atom stereocenters. The van der Waals surface area contributed by atoms with Crippen molar-refractivity contribution in [2.24, 2.45) is 0 Å². The smallest absolute Gasteiger partial charge is 0.274 e. The highest BCUT2D eigenvalue weighted by Crippen LogP contribution is 2.17. The van der Waals surface area contributed by atoms with Crippen LogP contribution in [0.1, 0.15) is 33.5 Å². The first-order chi connectivity index (χ1) is 13.7. The van der Waals surface area contributed by atoms with Gasteiger partial charge < -0.3 is 15.1 Å². The molecule has 28 heavy (non-hydrogen) atoms. The molecule has 2 amide bonds. The molecule has 4 aromatic rings. The lowest BCUT2D eigenvalue weighted by molar-refractivity contribution is 0.0943. The maximum atomic E-state index is 12.7. The van der Waals surface area contributed by atoms with E-state index in [9.17, 15) is 9.59 Å². The summed E-state index contributed by atoms with van der Waals surface area (Å²) < 4.78 is 8.28. The van der Waals surface area contributed by atoms with Crippen LogP contribution in [0.25, 0.3) is 5.65 Å². The average Bonchev–Trinajstić information content (AvgIpc) is 3.45. The van der Waals surface area contributed by atoms with Crippen molar-refractivity contribution in [3.05, 3.63) is 66.3 Å². The standard InChI is InChI=1S/C18H17N7O3/c1-2-24-11-14(15(23-24)18(27)20-9-12-5-3-8-28-12)22-17(26)13-10-21-25-7-4-6-19-16(13)25/h3-8,10-11H,2,9H2,1H3,(H,20,27)(H,22,26). The number of carbonyl (C=O) groups excluding carboxylic acids is 2. The molecule has 142 valence electrons. The van der Waals surface area contributed by atoms with Crippen molar-refractivity contribution in [2.45, 2.75) is 20.0 Å². The van der Waals surface area contributed by atoms with Crippen LogP contribution in [-0.2, 0) is 13.1 Å². The number of amides is 2. The Morgan fingerprint density at radius 1 is 1.25 bits per heavy atom. The molecular formula is C18H17N7O3. The number of carbonyl (C=O) groups is 2. The molecule has 0 spiro atoms. The van der Waals surface area contributed by atoms with Gasteiger partial charge in [-0.2, -0.15) is 10.2 Å². The zero-order valence-corrected chi connectivity index (χ0v) is 15.0. The van der Waals surface area contributed by atoms with Gasteiger partial charge in [-0.05, 0) is 25.1 Å². The molecule has 0 aromatic carbocycles. The highest BCUT2D eigenvalue weighted by Gasteiger charge is 2.21. The Morgan fingerprint density at radius 2 is 2.14 bits per heavy atom. The molecule has 10 heteroatoms. The molecule has 0 aliphatic rings. The summed E-state index contributed by atoms with van der Waals surface area (Å²) in [6.07, 6.45) is 7.85. The topological polar surface area (TPSA) is 119 Å². The van der Waals surface area contributed by atoms with E-state index < -0.39 is 11.8 Å². The largest absolute Gasteiger partial charge is 0.467 e. The molecule has 0 saturated carbocycles. The van der Waals surface area contributed by atoms with Crippen LogP contribution in [-0.4, -0.2) is 36.2 Å². The summed E-state index contributed by atoms with van der Waals surface area (Å²) in [4.78, 5) is 29.4. The van der Waals surface area contributed by atoms with E-state index in [2.05, 4.69) is 25.8 Å². The van der Waals surface area contributed by atoms with E-state index in [1.165, 1.54) is 17.0 Å². The lowest BCUT2D eigenvalue weighted by atomic mass is 10.2. The maximum absolute atomic E-state index is 12.7. The first-order valence-corrected chi connectivity index (χ1v) is 8.63. The monoisotopic (exact) mass is 379 g/mol. The number of rotatable bonds is 6. The van der Waals surface area contributed by atoms with Gasteiger partial charge in [-0.3, -0.25) is 14.3 Å². The minimum atomic E-state index is -0.426. The number of nitrogens with zero attached hydrogens (tertiary/aromatic N) is 5. The van der Waals surface area contributed by atoms with E-state index in [1.807, 2.05) is 6.92 Å². The summed E-state index contributed by atoms with van der Waals surface area (Å²) in [5.41, 5.74) is 1.14. The highest BCUT2D eigenvalue weighted by molar-refractivity contribution is 6.10. The van der Waals surface area contributed by atoms with Crippen LogP contribution in [0.4, 0.5) is 5.69 Å². The van der Waals surface area contributed by atoms with E-state index in [0.29, 0.717) is 29.2 Å². The van der Waals surface area contributed by atoms with Crippen molar-refractivity contribution in [3.63, 3.8) is 0 Å². The second-order valence-corrected chi connectivity index (χ2v) is 5.91. The number of nitrogens with one attached hydrogen (secondary N) is 2. The number of furan rings is 1. The summed E-state index contributed by atoms with van der Waals surface area (Å²) in [6.45, 7) is 2.65. The predicted octanol–water partition coefficient (Wildman–Crippen LogP) is 1.72. The summed E-state index contributed by atoms with van der Waals surface area (Å²) in [7, 11) is 0. The fraction of sp³-hybridized carbons (Fsp3) is 0.167. The Kier molecular flexibility index (Phi) is 4.58. The van der Waals surface area contributed by atoms with Crippen molar-refractivity contribution >= 4 is 23.1 Å². The molecule has 0 fully saturated rings. The number of aromatic nitrogens is 5. The number of fused-ring (bicyclic) bond motifs is 1. The van der Waals surface area contributed by atoms with Gasteiger partial charge in [0.25, 0.3) is 11.8 Å². The SMILES string of the molecule is CCn1cc(NC(=O)c2cnn3cccnc23)c(C(=O)NCc2ccco2)n1.